The van der Waals surface area contributed by atoms with Crippen LogP contribution >= 0.6 is 0 Å². The van der Waals surface area contributed by atoms with Crippen molar-refractivity contribution in [1.29, 1.82) is 0 Å². The predicted molar refractivity (Wildman–Crippen MR) is 27.2 cm³/mol. The molecule has 0 aromatic heterocycles. The Hall–Kier alpha value is -0.930. The van der Waals surface area contributed by atoms with Crippen molar-refractivity contribution in [3.05, 3.63) is 7.05 Å². The third kappa shape index (κ3) is 3.27. The van der Waals surface area contributed by atoms with E-state index in [4.69, 9.17) is 0 Å². The van der Waals surface area contributed by atoms with Gasteiger partial charge in [0.25, 0.3) is 0 Å². The van der Waals surface area contributed by atoms with Crippen LogP contribution in [-0.4, -0.2) is 12.7 Å². The van der Waals surface area contributed by atoms with Gasteiger partial charge in [-0.25, -0.2) is 4.79 Å². The first kappa shape index (κ1) is 7.07. The molecule has 0 aromatic rings. The monoisotopic (exact) mass is 115 g/mol. The zero-order chi connectivity index (χ0) is 6.41. The molecule has 45 valence electrons. The normalized spacial score (nSPS) is 9.75. The fourth-order valence-electron chi connectivity index (χ4n) is 0.210. The Balaban J connectivity index is 3.33. The molecular weight excluding hydrogens is 108 g/mol. The molecule has 0 aliphatic carbocycles. The van der Waals surface area contributed by atoms with Crippen LogP contribution in [0, 0.1) is 7.05 Å². The van der Waals surface area contributed by atoms with Crippen molar-refractivity contribution in [2.75, 3.05) is 6.61 Å². The van der Waals surface area contributed by atoms with Crippen molar-refractivity contribution >= 4 is 6.09 Å². The highest BCUT2D eigenvalue weighted by Crippen LogP contribution is 1.82. The maximum absolute atomic E-state index is 10.1. The summed E-state index contributed by atoms with van der Waals surface area (Å²) in [6.45, 7) is 2.01. The summed E-state index contributed by atoms with van der Waals surface area (Å²) in [5, 5.41) is 5.92. The lowest BCUT2D eigenvalue weighted by Crippen LogP contribution is -1.95. The summed E-state index contributed by atoms with van der Waals surface area (Å²) in [4.78, 5) is 10.1. The number of amides is 1. The number of carbonyl (C=O) groups excluding carboxylic acids is 1. The zero-order valence-electron chi connectivity index (χ0n) is 4.63. The van der Waals surface area contributed by atoms with Gasteiger partial charge < -0.3 is 4.74 Å². The van der Waals surface area contributed by atoms with E-state index in [0.29, 0.717) is 6.61 Å². The smallest absolute Gasteiger partial charge is 0.447 e. The lowest BCUT2D eigenvalue weighted by Gasteiger charge is -1.89. The van der Waals surface area contributed by atoms with Crippen LogP contribution in [0.3, 0.4) is 0 Å². The third-order valence-electron chi connectivity index (χ3n) is 0.420. The second kappa shape index (κ2) is 4.23. The Bertz CT molecular complexity index is 100. The average molecular weight is 115 g/mol. The van der Waals surface area contributed by atoms with Gasteiger partial charge >= 0.3 is 6.09 Å². The van der Waals surface area contributed by atoms with Gasteiger partial charge in [0.15, 0.2) is 0 Å². The van der Waals surface area contributed by atoms with E-state index < -0.39 is 6.09 Å². The molecule has 0 fully saturated rings. The Morgan fingerprint density at radius 3 is 2.88 bits per heavy atom. The Kier molecular flexibility index (Phi) is 3.74. The SMILES string of the molecule is [CH2]/N=N/C(=O)OCC. The molecule has 0 spiro atoms. The highest BCUT2D eigenvalue weighted by atomic mass is 16.5. The zero-order valence-corrected chi connectivity index (χ0v) is 4.63. The van der Waals surface area contributed by atoms with E-state index in [1.54, 1.807) is 6.92 Å². The van der Waals surface area contributed by atoms with Gasteiger partial charge in [0.1, 0.15) is 0 Å². The topological polar surface area (TPSA) is 51.0 Å². The average Bonchev–Trinajstić information content (AvgIpc) is 1.68. The number of hydrogen-bond acceptors (Lipinski definition) is 3. The minimum atomic E-state index is -0.692. The second-order valence-electron chi connectivity index (χ2n) is 0.940. The summed E-state index contributed by atoms with van der Waals surface area (Å²) in [5.74, 6) is 0. The standard InChI is InChI=1S/C4H7N2O2/c1-3-8-4(7)6-5-2/h2-3H2,1H3/b6-5+. The molecule has 1 radical (unpaired) electrons. The molecule has 4 heteroatoms. The first-order valence-electron chi connectivity index (χ1n) is 2.14. The van der Waals surface area contributed by atoms with Crippen LogP contribution in [0.2, 0.25) is 0 Å². The maximum atomic E-state index is 10.1. The predicted octanol–water partition coefficient (Wildman–Crippen LogP) is 1.39. The first-order chi connectivity index (χ1) is 3.81. The summed E-state index contributed by atoms with van der Waals surface area (Å²) >= 11 is 0. The summed E-state index contributed by atoms with van der Waals surface area (Å²) in [5.41, 5.74) is 0. The van der Waals surface area contributed by atoms with E-state index in [-0.39, 0.29) is 0 Å². The summed E-state index contributed by atoms with van der Waals surface area (Å²) in [7, 11) is 2.97. The minimum absolute atomic E-state index is 0.317. The highest BCUT2D eigenvalue weighted by molar-refractivity contribution is 5.67. The van der Waals surface area contributed by atoms with Gasteiger partial charge in [0.2, 0.25) is 0 Å². The largest absolute Gasteiger partial charge is 0.452 e. The molecule has 0 rings (SSSR count). The van der Waals surface area contributed by atoms with Crippen LogP contribution in [0.15, 0.2) is 10.2 Å². The number of hydrogen-bond donors (Lipinski definition) is 0. The van der Waals surface area contributed by atoms with Crippen molar-refractivity contribution in [3.8, 4) is 0 Å². The Morgan fingerprint density at radius 1 is 1.88 bits per heavy atom. The van der Waals surface area contributed by atoms with Gasteiger partial charge in [0.05, 0.1) is 13.7 Å². The molecule has 8 heavy (non-hydrogen) atoms. The van der Waals surface area contributed by atoms with Gasteiger partial charge in [-0.1, -0.05) is 5.11 Å². The molecule has 0 atom stereocenters. The highest BCUT2D eigenvalue weighted by Gasteiger charge is 1.92. The van der Waals surface area contributed by atoms with Gasteiger partial charge in [-0.15, -0.1) is 0 Å². The molecular formula is C4H7N2O2. The Labute approximate surface area is 47.6 Å². The number of rotatable bonds is 1. The fourth-order valence-corrected chi connectivity index (χ4v) is 0.210. The summed E-state index contributed by atoms with van der Waals surface area (Å²) in [6.07, 6.45) is -0.692. The number of azo groups is 1. The molecule has 0 aliphatic heterocycles. The van der Waals surface area contributed by atoms with Crippen molar-refractivity contribution < 1.29 is 9.53 Å². The van der Waals surface area contributed by atoms with E-state index in [1.165, 1.54) is 0 Å². The van der Waals surface area contributed by atoms with Gasteiger partial charge in [-0.2, -0.15) is 5.11 Å². The minimum Gasteiger partial charge on any atom is -0.447 e. The molecule has 0 saturated carbocycles. The second-order valence-corrected chi connectivity index (χ2v) is 0.940. The van der Waals surface area contributed by atoms with Crippen LogP contribution in [0.1, 0.15) is 6.92 Å². The van der Waals surface area contributed by atoms with E-state index in [2.05, 4.69) is 22.0 Å². The van der Waals surface area contributed by atoms with Crippen molar-refractivity contribution in [3.63, 3.8) is 0 Å². The molecule has 1 amide bonds. The van der Waals surface area contributed by atoms with Crippen molar-refractivity contribution in [1.82, 2.24) is 0 Å². The molecule has 0 saturated heterocycles. The number of carbonyl (C=O) groups is 1. The number of ether oxygens (including phenoxy) is 1. The van der Waals surface area contributed by atoms with E-state index >= 15 is 0 Å². The lowest BCUT2D eigenvalue weighted by molar-refractivity contribution is 0.161. The van der Waals surface area contributed by atoms with Crippen molar-refractivity contribution in [2.45, 2.75) is 6.92 Å². The summed E-state index contributed by atoms with van der Waals surface area (Å²) < 4.78 is 4.34. The molecule has 0 aromatic carbocycles. The maximum Gasteiger partial charge on any atom is 0.452 e. The van der Waals surface area contributed by atoms with Gasteiger partial charge in [0, 0.05) is 0 Å². The van der Waals surface area contributed by atoms with Gasteiger partial charge in [-0.05, 0) is 6.92 Å². The van der Waals surface area contributed by atoms with Crippen LogP contribution in [-0.2, 0) is 4.74 Å². The molecule has 0 aliphatic rings. The first-order valence-corrected chi connectivity index (χ1v) is 2.14. The molecule has 0 N–H and O–H groups in total. The van der Waals surface area contributed by atoms with Gasteiger partial charge in [-0.3, -0.25) is 0 Å². The Morgan fingerprint density at radius 2 is 2.50 bits per heavy atom. The van der Waals surface area contributed by atoms with Crippen LogP contribution < -0.4 is 0 Å². The molecule has 0 unspecified atom stereocenters. The van der Waals surface area contributed by atoms with E-state index in [9.17, 15) is 4.79 Å². The van der Waals surface area contributed by atoms with Crippen LogP contribution in [0.5, 0.6) is 0 Å². The molecule has 0 heterocycles. The van der Waals surface area contributed by atoms with Crippen LogP contribution in [0.25, 0.3) is 0 Å². The number of nitrogens with zero attached hydrogens (tertiary/aromatic N) is 2. The summed E-state index contributed by atoms with van der Waals surface area (Å²) in [6, 6.07) is 0. The fraction of sp³-hybridized carbons (Fsp3) is 0.500. The van der Waals surface area contributed by atoms with E-state index in [1.807, 2.05) is 0 Å². The molecule has 4 nitrogen and oxygen atoms in total. The lowest BCUT2D eigenvalue weighted by atomic mass is 10.9. The third-order valence-corrected chi connectivity index (χ3v) is 0.420. The van der Waals surface area contributed by atoms with E-state index in [0.717, 1.165) is 0 Å². The quantitative estimate of drug-likeness (QED) is 0.485. The van der Waals surface area contributed by atoms with Crippen LogP contribution in [0.4, 0.5) is 4.79 Å². The molecule has 0 bridgehead atoms. The van der Waals surface area contributed by atoms with Crippen molar-refractivity contribution in [2.24, 2.45) is 10.2 Å².